The zero-order valence-corrected chi connectivity index (χ0v) is 19.1. The van der Waals surface area contributed by atoms with Gasteiger partial charge in [0.05, 0.1) is 12.7 Å². The maximum atomic E-state index is 6.07. The molecule has 1 unspecified atom stereocenters. The summed E-state index contributed by atoms with van der Waals surface area (Å²) < 4.78 is 14.2. The van der Waals surface area contributed by atoms with Crippen molar-refractivity contribution >= 4 is 17.5 Å². The Morgan fingerprint density at radius 1 is 1.31 bits per heavy atom. The Balaban J connectivity index is 1.45. The maximum absolute atomic E-state index is 6.07. The zero-order chi connectivity index (χ0) is 22.2. The van der Waals surface area contributed by atoms with E-state index in [9.17, 15) is 0 Å². The summed E-state index contributed by atoms with van der Waals surface area (Å²) in [5.41, 5.74) is 7.49. The van der Waals surface area contributed by atoms with Gasteiger partial charge in [-0.1, -0.05) is 0 Å². The lowest BCUT2D eigenvalue weighted by molar-refractivity contribution is -0.0535. The second-order valence-electron chi connectivity index (χ2n) is 10.1. The molecule has 170 valence electrons. The van der Waals surface area contributed by atoms with E-state index in [0.717, 1.165) is 47.7 Å². The van der Waals surface area contributed by atoms with Crippen molar-refractivity contribution in [3.8, 4) is 5.75 Å². The molecular formula is C23H31N7O2. The Bertz CT molecular complexity index is 1100. The number of nitrogens with zero attached hydrogens (tertiary/aromatic N) is 5. The van der Waals surface area contributed by atoms with Crippen molar-refractivity contribution in [3.63, 3.8) is 0 Å². The number of ether oxygens (including phenoxy) is 2. The van der Waals surface area contributed by atoms with Crippen LogP contribution >= 0.6 is 0 Å². The second-order valence-corrected chi connectivity index (χ2v) is 10.1. The number of anilines is 2. The minimum absolute atomic E-state index is 0.0137. The van der Waals surface area contributed by atoms with Crippen LogP contribution in [0.1, 0.15) is 63.8 Å². The van der Waals surface area contributed by atoms with E-state index in [1.165, 1.54) is 12.8 Å². The highest BCUT2D eigenvalue weighted by Crippen LogP contribution is 2.44. The van der Waals surface area contributed by atoms with Crippen molar-refractivity contribution < 1.29 is 9.47 Å². The summed E-state index contributed by atoms with van der Waals surface area (Å²) in [6.45, 7) is 10.6. The van der Waals surface area contributed by atoms with E-state index < -0.39 is 5.60 Å². The minimum atomic E-state index is -0.438. The third-order valence-electron chi connectivity index (χ3n) is 6.98. The molecule has 0 aromatic carbocycles. The molecule has 0 radical (unpaired) electrons. The normalized spacial score (nSPS) is 27.3. The fourth-order valence-electron chi connectivity index (χ4n) is 5.36. The summed E-state index contributed by atoms with van der Waals surface area (Å²) in [6, 6.07) is 2.52. The number of aromatic nitrogens is 3. The van der Waals surface area contributed by atoms with Gasteiger partial charge < -0.3 is 30.0 Å². The highest BCUT2D eigenvalue weighted by molar-refractivity contribution is 6.03. The van der Waals surface area contributed by atoms with Crippen LogP contribution in [0.5, 0.6) is 5.75 Å². The van der Waals surface area contributed by atoms with E-state index in [1.807, 2.05) is 19.9 Å². The molecule has 2 saturated heterocycles. The Morgan fingerprint density at radius 2 is 2.12 bits per heavy atom. The predicted octanol–water partition coefficient (Wildman–Crippen LogP) is 2.88. The first-order chi connectivity index (χ1) is 15.3. The number of nitrogen functional groups attached to an aromatic ring is 1. The van der Waals surface area contributed by atoms with Gasteiger partial charge in [-0.25, -0.2) is 15.0 Å². The summed E-state index contributed by atoms with van der Waals surface area (Å²) in [5, 5.41) is 3.64. The first-order valence-corrected chi connectivity index (χ1v) is 11.6. The van der Waals surface area contributed by atoms with E-state index in [-0.39, 0.29) is 12.3 Å². The molecule has 2 aromatic rings. The molecule has 4 aliphatic heterocycles. The number of hydrogen-bond acceptors (Lipinski definition) is 8. The molecule has 32 heavy (non-hydrogen) atoms. The predicted molar refractivity (Wildman–Crippen MR) is 122 cm³/mol. The average molecular weight is 438 g/mol. The topological polar surface area (TPSA) is 103 Å². The quantitative estimate of drug-likeness (QED) is 0.761. The summed E-state index contributed by atoms with van der Waals surface area (Å²) in [6.07, 6.45) is 4.02. The number of aliphatic imine (C=N–C) groups is 1. The number of rotatable bonds is 3. The van der Waals surface area contributed by atoms with Crippen LogP contribution in [0.2, 0.25) is 0 Å². The number of fused-ring (bicyclic) bond motifs is 4. The van der Waals surface area contributed by atoms with Crippen LogP contribution in [0, 0.1) is 5.92 Å². The van der Waals surface area contributed by atoms with Gasteiger partial charge in [0.15, 0.2) is 17.4 Å². The van der Waals surface area contributed by atoms with Crippen molar-refractivity contribution in [3.05, 3.63) is 29.3 Å². The molecule has 1 aliphatic carbocycles. The molecule has 1 atom stereocenters. The Hall–Kier alpha value is -2.81. The fourth-order valence-corrected chi connectivity index (χ4v) is 5.36. The summed E-state index contributed by atoms with van der Waals surface area (Å²) >= 11 is 0. The monoisotopic (exact) mass is 437 g/mol. The number of hydrogen-bond donors (Lipinski definition) is 2. The lowest BCUT2D eigenvalue weighted by atomic mass is 9.86. The van der Waals surface area contributed by atoms with Gasteiger partial charge in [0.2, 0.25) is 0 Å². The van der Waals surface area contributed by atoms with Crippen molar-refractivity contribution in [2.75, 3.05) is 24.2 Å². The third-order valence-corrected chi connectivity index (χ3v) is 6.98. The largest absolute Gasteiger partial charge is 0.487 e. The smallest absolute Gasteiger partial charge is 0.166 e. The number of amidine groups is 1. The van der Waals surface area contributed by atoms with Gasteiger partial charge in [-0.3, -0.25) is 0 Å². The van der Waals surface area contributed by atoms with Crippen LogP contribution < -0.4 is 15.8 Å². The standard InChI is InChI=1S/C23H31N7O2/c1-12(2)32-16-9-14(10-25-18(16)24)19-27-20-17(21(28-19)30-11-13-7-15(30)8-13)26-22-23(3,4)31-6-5-29(20)22/h9-10,12-13,15,19,27H,5-8,11H2,1-4H3,(H2,24,25). The van der Waals surface area contributed by atoms with Crippen LogP contribution in [0.15, 0.2) is 17.3 Å². The Labute approximate surface area is 188 Å². The van der Waals surface area contributed by atoms with E-state index in [2.05, 4.69) is 33.6 Å². The minimum Gasteiger partial charge on any atom is -0.487 e. The lowest BCUT2D eigenvalue weighted by Gasteiger charge is -2.33. The van der Waals surface area contributed by atoms with Crippen LogP contribution in [0.3, 0.4) is 0 Å². The molecule has 2 aromatic heterocycles. The molecule has 7 rings (SSSR count). The van der Waals surface area contributed by atoms with Crippen LogP contribution in [-0.4, -0.2) is 50.6 Å². The second kappa shape index (κ2) is 6.84. The molecule has 0 amide bonds. The molecule has 6 heterocycles. The molecule has 9 heteroatoms. The molecule has 5 aliphatic rings. The van der Waals surface area contributed by atoms with E-state index >= 15 is 0 Å². The van der Waals surface area contributed by atoms with Gasteiger partial charge in [-0.15, -0.1) is 0 Å². The van der Waals surface area contributed by atoms with Gasteiger partial charge in [0.25, 0.3) is 0 Å². The first kappa shape index (κ1) is 19.8. The highest BCUT2D eigenvalue weighted by Gasteiger charge is 2.47. The zero-order valence-electron chi connectivity index (χ0n) is 19.1. The summed E-state index contributed by atoms with van der Waals surface area (Å²) in [5.74, 6) is 4.70. The lowest BCUT2D eigenvalue weighted by Crippen LogP contribution is -2.38. The van der Waals surface area contributed by atoms with Crippen LogP contribution in [0.4, 0.5) is 11.6 Å². The third kappa shape index (κ3) is 2.97. The van der Waals surface area contributed by atoms with Gasteiger partial charge >= 0.3 is 0 Å². The number of nitrogens with one attached hydrogen (secondary N) is 1. The van der Waals surface area contributed by atoms with Crippen molar-refractivity contribution in [1.82, 2.24) is 19.4 Å². The number of imidazole rings is 1. The van der Waals surface area contributed by atoms with Gasteiger partial charge in [0.1, 0.15) is 29.1 Å². The molecular weight excluding hydrogens is 406 g/mol. The fraction of sp³-hybridized carbons (Fsp3) is 0.609. The van der Waals surface area contributed by atoms with Gasteiger partial charge in [0, 0.05) is 30.9 Å². The average Bonchev–Trinajstić information content (AvgIpc) is 3.41. The maximum Gasteiger partial charge on any atom is 0.166 e. The SMILES string of the molecule is CC(C)Oc1cc(C2N=C(N3CC4CC3C4)c3nc4n(c3N2)CCOC4(C)C)cnc1N. The van der Waals surface area contributed by atoms with Crippen molar-refractivity contribution in [2.45, 2.75) is 71.0 Å². The molecule has 9 nitrogen and oxygen atoms in total. The van der Waals surface area contributed by atoms with Crippen LogP contribution in [-0.2, 0) is 16.9 Å². The van der Waals surface area contributed by atoms with E-state index in [0.29, 0.717) is 24.2 Å². The van der Waals surface area contributed by atoms with Crippen molar-refractivity contribution in [1.29, 1.82) is 0 Å². The molecule has 0 spiro atoms. The van der Waals surface area contributed by atoms with E-state index in [4.69, 9.17) is 25.2 Å². The molecule has 3 fully saturated rings. The van der Waals surface area contributed by atoms with Crippen LogP contribution in [0.25, 0.3) is 0 Å². The van der Waals surface area contributed by atoms with Gasteiger partial charge in [-0.05, 0) is 52.5 Å². The molecule has 3 N–H and O–H groups in total. The Morgan fingerprint density at radius 3 is 2.84 bits per heavy atom. The molecule has 1 saturated carbocycles. The molecule has 2 bridgehead atoms. The number of pyridine rings is 1. The summed E-state index contributed by atoms with van der Waals surface area (Å²) in [4.78, 5) is 17.1. The highest BCUT2D eigenvalue weighted by atomic mass is 16.5. The number of nitrogens with two attached hydrogens (primary N) is 1. The summed E-state index contributed by atoms with van der Waals surface area (Å²) in [7, 11) is 0. The Kier molecular flexibility index (Phi) is 4.24. The van der Waals surface area contributed by atoms with Gasteiger partial charge in [-0.2, -0.15) is 0 Å². The first-order valence-electron chi connectivity index (χ1n) is 11.6. The van der Waals surface area contributed by atoms with E-state index in [1.54, 1.807) is 6.20 Å². The van der Waals surface area contributed by atoms with Crippen molar-refractivity contribution in [2.24, 2.45) is 10.9 Å².